The summed E-state index contributed by atoms with van der Waals surface area (Å²) in [6, 6.07) is 0. The van der Waals surface area contributed by atoms with Crippen LogP contribution in [-0.4, -0.2) is 6.29 Å². The first-order valence-electron chi connectivity index (χ1n) is 5.78. The van der Waals surface area contributed by atoms with E-state index in [1.165, 1.54) is 0 Å². The second-order valence-corrected chi connectivity index (χ2v) is 3.45. The lowest BCUT2D eigenvalue weighted by Crippen LogP contribution is -1.75. The largest absolute Gasteiger partial charge is 0.303 e. The Hall–Kier alpha value is -1.11. The summed E-state index contributed by atoms with van der Waals surface area (Å²) in [7, 11) is 0. The summed E-state index contributed by atoms with van der Waals surface area (Å²) in [5, 5.41) is 0. The van der Waals surface area contributed by atoms with E-state index in [-0.39, 0.29) is 0 Å². The first-order chi connectivity index (χ1) is 7.41. The molecule has 0 aliphatic carbocycles. The summed E-state index contributed by atoms with van der Waals surface area (Å²) < 4.78 is 0. The van der Waals surface area contributed by atoms with Crippen molar-refractivity contribution in [2.75, 3.05) is 0 Å². The summed E-state index contributed by atoms with van der Waals surface area (Å²) in [6.07, 6.45) is 19.9. The van der Waals surface area contributed by atoms with Gasteiger partial charge in [0.05, 0.1) is 0 Å². The van der Waals surface area contributed by atoms with Gasteiger partial charge in [-0.15, -0.1) is 0 Å². The van der Waals surface area contributed by atoms with Gasteiger partial charge in [-0.3, -0.25) is 0 Å². The minimum Gasteiger partial charge on any atom is -0.303 e. The van der Waals surface area contributed by atoms with Crippen molar-refractivity contribution >= 4 is 6.29 Å². The molecule has 0 amide bonds. The van der Waals surface area contributed by atoms with Gasteiger partial charge in [-0.1, -0.05) is 36.5 Å². The van der Waals surface area contributed by atoms with Crippen molar-refractivity contribution in [1.82, 2.24) is 0 Å². The molecule has 0 N–H and O–H groups in total. The molecule has 0 aliphatic rings. The van der Waals surface area contributed by atoms with Crippen LogP contribution in [0.5, 0.6) is 0 Å². The molecule has 0 spiro atoms. The van der Waals surface area contributed by atoms with Crippen molar-refractivity contribution in [2.45, 2.75) is 45.4 Å². The van der Waals surface area contributed by atoms with Gasteiger partial charge in [0.15, 0.2) is 0 Å². The third-order valence-electron chi connectivity index (χ3n) is 2.06. The summed E-state index contributed by atoms with van der Waals surface area (Å²) >= 11 is 0. The average molecular weight is 206 g/mol. The summed E-state index contributed by atoms with van der Waals surface area (Å²) in [5.74, 6) is 0. The number of allylic oxidation sites excluding steroid dienone is 6. The van der Waals surface area contributed by atoms with Crippen molar-refractivity contribution in [3.8, 4) is 0 Å². The van der Waals surface area contributed by atoms with Gasteiger partial charge >= 0.3 is 0 Å². The Morgan fingerprint density at radius 2 is 1.40 bits per heavy atom. The van der Waals surface area contributed by atoms with Crippen LogP contribution in [-0.2, 0) is 4.79 Å². The standard InChI is InChI=1S/C14H22O/c1-2-3-4-5-6-7-8-9-10-11-12-13-14-15/h2-3,6-9,14H,4-5,10-13H2,1H3/b3-2+,7-6+,9-8+. The SMILES string of the molecule is C/C=C/CC/C=C/C=C/CCCCC=O. The van der Waals surface area contributed by atoms with Crippen LogP contribution in [0.25, 0.3) is 0 Å². The van der Waals surface area contributed by atoms with Crippen molar-refractivity contribution in [3.63, 3.8) is 0 Å². The Kier molecular flexibility index (Phi) is 11.9. The van der Waals surface area contributed by atoms with Crippen LogP contribution in [0.3, 0.4) is 0 Å². The highest BCUT2D eigenvalue weighted by atomic mass is 16.1. The van der Waals surface area contributed by atoms with E-state index < -0.39 is 0 Å². The van der Waals surface area contributed by atoms with Gasteiger partial charge in [-0.05, 0) is 39.0 Å². The summed E-state index contributed by atoms with van der Waals surface area (Å²) in [4.78, 5) is 10.0. The molecular formula is C14H22O. The first kappa shape index (κ1) is 13.9. The van der Waals surface area contributed by atoms with E-state index in [1.54, 1.807) is 0 Å². The number of carbonyl (C=O) groups excluding carboxylic acids is 1. The molecule has 0 aromatic carbocycles. The van der Waals surface area contributed by atoms with E-state index in [9.17, 15) is 4.79 Å². The maximum absolute atomic E-state index is 10.0. The fourth-order valence-corrected chi connectivity index (χ4v) is 1.20. The number of hydrogen-bond donors (Lipinski definition) is 0. The molecule has 84 valence electrons. The van der Waals surface area contributed by atoms with Gasteiger partial charge in [0.25, 0.3) is 0 Å². The van der Waals surface area contributed by atoms with E-state index in [4.69, 9.17) is 0 Å². The second-order valence-electron chi connectivity index (χ2n) is 3.45. The van der Waals surface area contributed by atoms with Crippen LogP contribution in [0.4, 0.5) is 0 Å². The van der Waals surface area contributed by atoms with E-state index in [0.29, 0.717) is 6.42 Å². The molecule has 0 heterocycles. The number of rotatable bonds is 9. The van der Waals surface area contributed by atoms with Gasteiger partial charge < -0.3 is 4.79 Å². The highest BCUT2D eigenvalue weighted by Crippen LogP contribution is 1.99. The maximum Gasteiger partial charge on any atom is 0.119 e. The van der Waals surface area contributed by atoms with Crippen LogP contribution in [0, 0.1) is 0 Å². The zero-order chi connectivity index (χ0) is 11.2. The quantitative estimate of drug-likeness (QED) is 0.239. The number of carbonyl (C=O) groups is 1. The number of hydrogen-bond acceptors (Lipinski definition) is 1. The fraction of sp³-hybridized carbons (Fsp3) is 0.500. The smallest absolute Gasteiger partial charge is 0.119 e. The Morgan fingerprint density at radius 3 is 2.07 bits per heavy atom. The molecule has 0 aromatic heterocycles. The van der Waals surface area contributed by atoms with Crippen LogP contribution in [0.2, 0.25) is 0 Å². The number of aldehydes is 1. The predicted octanol–water partition coefficient (Wildman–Crippen LogP) is 4.21. The lowest BCUT2D eigenvalue weighted by Gasteiger charge is -1.89. The Morgan fingerprint density at radius 1 is 0.800 bits per heavy atom. The van der Waals surface area contributed by atoms with Crippen LogP contribution in [0.15, 0.2) is 36.5 Å². The van der Waals surface area contributed by atoms with Crippen molar-refractivity contribution in [1.29, 1.82) is 0 Å². The Balaban J connectivity index is 3.25. The topological polar surface area (TPSA) is 17.1 Å². The molecular weight excluding hydrogens is 184 g/mol. The van der Waals surface area contributed by atoms with Crippen molar-refractivity contribution in [2.24, 2.45) is 0 Å². The molecule has 0 saturated carbocycles. The van der Waals surface area contributed by atoms with Gasteiger partial charge in [0, 0.05) is 6.42 Å². The molecule has 0 rings (SSSR count). The fourth-order valence-electron chi connectivity index (χ4n) is 1.20. The Bertz CT molecular complexity index is 211. The zero-order valence-corrected chi connectivity index (χ0v) is 9.69. The van der Waals surface area contributed by atoms with Gasteiger partial charge in [0.2, 0.25) is 0 Å². The molecule has 0 aliphatic heterocycles. The zero-order valence-electron chi connectivity index (χ0n) is 9.69. The van der Waals surface area contributed by atoms with Crippen LogP contribution in [0.1, 0.15) is 45.4 Å². The summed E-state index contributed by atoms with van der Waals surface area (Å²) in [5.41, 5.74) is 0. The minimum atomic E-state index is 0.701. The normalized spacial score (nSPS) is 12.1. The molecule has 0 saturated heterocycles. The molecule has 0 radical (unpaired) electrons. The van der Waals surface area contributed by atoms with Crippen LogP contribution < -0.4 is 0 Å². The third kappa shape index (κ3) is 12.9. The van der Waals surface area contributed by atoms with E-state index in [2.05, 4.69) is 36.5 Å². The molecule has 0 unspecified atom stereocenters. The van der Waals surface area contributed by atoms with Crippen LogP contribution >= 0.6 is 0 Å². The molecule has 1 nitrogen and oxygen atoms in total. The van der Waals surface area contributed by atoms with Gasteiger partial charge in [-0.25, -0.2) is 0 Å². The molecule has 1 heteroatoms. The monoisotopic (exact) mass is 206 g/mol. The predicted molar refractivity (Wildman–Crippen MR) is 66.9 cm³/mol. The average Bonchev–Trinajstić information content (AvgIpc) is 2.26. The maximum atomic E-state index is 10.0. The van der Waals surface area contributed by atoms with E-state index >= 15 is 0 Å². The third-order valence-corrected chi connectivity index (χ3v) is 2.06. The molecule has 0 fully saturated rings. The molecule has 15 heavy (non-hydrogen) atoms. The van der Waals surface area contributed by atoms with E-state index in [0.717, 1.165) is 38.4 Å². The van der Waals surface area contributed by atoms with E-state index in [1.807, 2.05) is 6.92 Å². The lowest BCUT2D eigenvalue weighted by atomic mass is 10.2. The van der Waals surface area contributed by atoms with Crippen molar-refractivity contribution in [3.05, 3.63) is 36.5 Å². The summed E-state index contributed by atoms with van der Waals surface area (Å²) in [6.45, 7) is 2.04. The molecule has 0 bridgehead atoms. The number of unbranched alkanes of at least 4 members (excludes halogenated alkanes) is 4. The highest BCUT2D eigenvalue weighted by molar-refractivity contribution is 5.48. The molecule has 0 atom stereocenters. The van der Waals surface area contributed by atoms with Gasteiger partial charge in [-0.2, -0.15) is 0 Å². The lowest BCUT2D eigenvalue weighted by molar-refractivity contribution is -0.107. The molecule has 0 aromatic rings. The van der Waals surface area contributed by atoms with Crippen molar-refractivity contribution < 1.29 is 4.79 Å². The first-order valence-corrected chi connectivity index (χ1v) is 5.78. The highest BCUT2D eigenvalue weighted by Gasteiger charge is 1.83. The van der Waals surface area contributed by atoms with Gasteiger partial charge in [0.1, 0.15) is 6.29 Å². The Labute approximate surface area is 93.6 Å². The minimum absolute atomic E-state index is 0.701. The second kappa shape index (κ2) is 12.9.